The van der Waals surface area contributed by atoms with Crippen LogP contribution in [0.1, 0.15) is 10.4 Å². The van der Waals surface area contributed by atoms with Gasteiger partial charge in [-0.15, -0.1) is 0 Å². The number of halogens is 1. The van der Waals surface area contributed by atoms with Crippen molar-refractivity contribution in [1.82, 2.24) is 0 Å². The van der Waals surface area contributed by atoms with Crippen LogP contribution in [0.25, 0.3) is 0 Å². The second kappa shape index (κ2) is 6.28. The maximum Gasteiger partial charge on any atom is 0.205 e. The van der Waals surface area contributed by atoms with Gasteiger partial charge in [0.2, 0.25) is 5.79 Å². The van der Waals surface area contributed by atoms with Crippen molar-refractivity contribution in [1.29, 1.82) is 0 Å². The first kappa shape index (κ1) is 14.2. The van der Waals surface area contributed by atoms with E-state index in [2.05, 4.69) is 15.9 Å². The Kier molecular flexibility index (Phi) is 4.69. The van der Waals surface area contributed by atoms with Gasteiger partial charge < -0.3 is 9.84 Å². The third kappa shape index (κ3) is 3.62. The van der Waals surface area contributed by atoms with Gasteiger partial charge in [0.05, 0.1) is 12.5 Å². The number of rotatable bonds is 5. The third-order valence-electron chi connectivity index (χ3n) is 2.86. The molecule has 0 fully saturated rings. The van der Waals surface area contributed by atoms with E-state index in [9.17, 15) is 9.90 Å². The van der Waals surface area contributed by atoms with Crippen molar-refractivity contribution in [3.63, 3.8) is 0 Å². The molecule has 0 aromatic heterocycles. The first-order valence-corrected chi connectivity index (χ1v) is 7.17. The molecule has 1 aliphatic carbocycles. The summed E-state index contributed by atoms with van der Waals surface area (Å²) >= 11 is 3.23. The third-order valence-corrected chi connectivity index (χ3v) is 3.18. The number of Topliss-reactive ketones (excluding diaryl/α,β-unsaturated/α-hetero) is 1. The average molecular weight is 323 g/mol. The number of alkyl halides is 1. The molecule has 1 aliphatic rings. The molecule has 0 saturated heterocycles. The van der Waals surface area contributed by atoms with Crippen LogP contribution in [0.3, 0.4) is 0 Å². The zero-order chi connectivity index (χ0) is 13.7. The lowest BCUT2D eigenvalue weighted by Gasteiger charge is -2.25. The molecule has 0 bridgehead atoms. The van der Waals surface area contributed by atoms with Gasteiger partial charge in [0, 0.05) is 10.9 Å². The van der Waals surface area contributed by atoms with E-state index in [0.717, 1.165) is 0 Å². The molecular formula is C15H15BrO3. The molecule has 0 spiro atoms. The normalized spacial score (nSPS) is 25.5. The predicted octanol–water partition coefficient (Wildman–Crippen LogP) is 2.71. The van der Waals surface area contributed by atoms with Crippen LogP contribution in [-0.2, 0) is 4.74 Å². The largest absolute Gasteiger partial charge is 0.359 e. The highest BCUT2D eigenvalue weighted by atomic mass is 79.9. The van der Waals surface area contributed by atoms with E-state index in [1.165, 1.54) is 12.2 Å². The Hall–Kier alpha value is -1.23. The highest BCUT2D eigenvalue weighted by molar-refractivity contribution is 9.09. The molecule has 19 heavy (non-hydrogen) atoms. The van der Waals surface area contributed by atoms with Crippen molar-refractivity contribution in [3.05, 3.63) is 60.2 Å². The highest BCUT2D eigenvalue weighted by Crippen LogP contribution is 2.22. The number of benzene rings is 1. The molecule has 0 aliphatic heterocycles. The number of carbonyl (C=O) groups excluding carboxylic acids is 1. The molecule has 0 saturated carbocycles. The molecule has 2 rings (SSSR count). The minimum atomic E-state index is -1.40. The van der Waals surface area contributed by atoms with Crippen LogP contribution in [0, 0.1) is 5.92 Å². The van der Waals surface area contributed by atoms with Gasteiger partial charge in [-0.2, -0.15) is 0 Å². The molecule has 3 nitrogen and oxygen atoms in total. The minimum Gasteiger partial charge on any atom is -0.359 e. The van der Waals surface area contributed by atoms with E-state index in [0.29, 0.717) is 17.5 Å². The Morgan fingerprint density at radius 1 is 1.26 bits per heavy atom. The molecule has 1 aromatic rings. The molecule has 1 N–H and O–H groups in total. The summed E-state index contributed by atoms with van der Waals surface area (Å²) in [5.41, 5.74) is 0.661. The van der Waals surface area contributed by atoms with E-state index in [1.54, 1.807) is 24.3 Å². The summed E-state index contributed by atoms with van der Waals surface area (Å²) in [5, 5.41) is 10.7. The zero-order valence-electron chi connectivity index (χ0n) is 10.3. The van der Waals surface area contributed by atoms with E-state index in [4.69, 9.17) is 4.74 Å². The van der Waals surface area contributed by atoms with Crippen molar-refractivity contribution >= 4 is 21.7 Å². The fourth-order valence-electron chi connectivity index (χ4n) is 1.87. The maximum absolute atomic E-state index is 12.2. The van der Waals surface area contributed by atoms with Crippen LogP contribution >= 0.6 is 15.9 Å². The van der Waals surface area contributed by atoms with Gasteiger partial charge >= 0.3 is 0 Å². The quantitative estimate of drug-likeness (QED) is 0.392. The van der Waals surface area contributed by atoms with Crippen LogP contribution in [0.15, 0.2) is 54.6 Å². The predicted molar refractivity (Wildman–Crippen MR) is 77.2 cm³/mol. The lowest BCUT2D eigenvalue weighted by atomic mass is 9.92. The van der Waals surface area contributed by atoms with Crippen LogP contribution < -0.4 is 0 Å². The number of aliphatic hydroxyl groups is 1. The van der Waals surface area contributed by atoms with Crippen molar-refractivity contribution < 1.29 is 14.6 Å². The number of ketones is 1. The van der Waals surface area contributed by atoms with Gasteiger partial charge in [-0.1, -0.05) is 58.4 Å². The Balaban J connectivity index is 2.05. The van der Waals surface area contributed by atoms with E-state index in [1.807, 2.05) is 18.2 Å². The van der Waals surface area contributed by atoms with E-state index < -0.39 is 5.79 Å². The molecule has 0 amide bonds. The first-order chi connectivity index (χ1) is 9.14. The van der Waals surface area contributed by atoms with Gasteiger partial charge in [-0.25, -0.2) is 0 Å². The maximum atomic E-state index is 12.2. The molecule has 1 aromatic carbocycles. The average Bonchev–Trinajstić information content (AvgIpc) is 2.46. The summed E-state index contributed by atoms with van der Waals surface area (Å²) in [7, 11) is 0. The summed E-state index contributed by atoms with van der Waals surface area (Å²) in [4.78, 5) is 12.2. The SMILES string of the molecule is O=C(c1ccccc1)C1C=CC(O)(OCCBr)C=C1. The van der Waals surface area contributed by atoms with Crippen molar-refractivity contribution in [2.24, 2.45) is 5.92 Å². The highest BCUT2D eigenvalue weighted by Gasteiger charge is 2.27. The zero-order valence-corrected chi connectivity index (χ0v) is 11.9. The van der Waals surface area contributed by atoms with Gasteiger partial charge in [0.1, 0.15) is 0 Å². The second-order valence-electron chi connectivity index (χ2n) is 4.26. The number of allylic oxidation sites excluding steroid dienone is 2. The Morgan fingerprint density at radius 2 is 1.89 bits per heavy atom. The summed E-state index contributed by atoms with van der Waals surface area (Å²) in [6.45, 7) is 0.391. The summed E-state index contributed by atoms with van der Waals surface area (Å²) in [5.74, 6) is -1.74. The van der Waals surface area contributed by atoms with Crippen LogP contribution in [0.2, 0.25) is 0 Å². The van der Waals surface area contributed by atoms with Crippen molar-refractivity contribution in [2.45, 2.75) is 5.79 Å². The van der Waals surface area contributed by atoms with Crippen LogP contribution in [0.5, 0.6) is 0 Å². The Morgan fingerprint density at radius 3 is 2.47 bits per heavy atom. The van der Waals surface area contributed by atoms with Gasteiger partial charge in [0.25, 0.3) is 0 Å². The van der Waals surface area contributed by atoms with Gasteiger partial charge in [-0.3, -0.25) is 4.79 Å². The lowest BCUT2D eigenvalue weighted by Crippen LogP contribution is -2.31. The molecule has 0 heterocycles. The molecule has 0 unspecified atom stereocenters. The molecular weight excluding hydrogens is 308 g/mol. The fraction of sp³-hybridized carbons (Fsp3) is 0.267. The summed E-state index contributed by atoms with van der Waals surface area (Å²) in [6.07, 6.45) is 6.37. The van der Waals surface area contributed by atoms with Crippen LogP contribution in [0.4, 0.5) is 0 Å². The number of hydrogen-bond donors (Lipinski definition) is 1. The number of carbonyl (C=O) groups is 1. The molecule has 0 radical (unpaired) electrons. The minimum absolute atomic E-state index is 0.00985. The first-order valence-electron chi connectivity index (χ1n) is 6.05. The van der Waals surface area contributed by atoms with Crippen LogP contribution in [-0.4, -0.2) is 28.6 Å². The monoisotopic (exact) mass is 322 g/mol. The van der Waals surface area contributed by atoms with Gasteiger partial charge in [-0.05, 0) is 12.2 Å². The summed E-state index contributed by atoms with van der Waals surface area (Å²) < 4.78 is 5.28. The molecule has 0 atom stereocenters. The lowest BCUT2D eigenvalue weighted by molar-refractivity contribution is -0.125. The topological polar surface area (TPSA) is 46.5 Å². The number of hydrogen-bond acceptors (Lipinski definition) is 3. The Labute approximate surface area is 120 Å². The smallest absolute Gasteiger partial charge is 0.205 e. The second-order valence-corrected chi connectivity index (χ2v) is 5.06. The van der Waals surface area contributed by atoms with Crippen molar-refractivity contribution in [2.75, 3.05) is 11.9 Å². The number of ether oxygens (including phenoxy) is 1. The van der Waals surface area contributed by atoms with E-state index in [-0.39, 0.29) is 11.7 Å². The Bertz CT molecular complexity index is 479. The van der Waals surface area contributed by atoms with Crippen molar-refractivity contribution in [3.8, 4) is 0 Å². The van der Waals surface area contributed by atoms with E-state index >= 15 is 0 Å². The van der Waals surface area contributed by atoms with Gasteiger partial charge in [0.15, 0.2) is 5.78 Å². The standard InChI is InChI=1S/C15H15BrO3/c16-10-11-19-15(18)8-6-13(7-9-15)14(17)12-4-2-1-3-5-12/h1-9,13,18H,10-11H2. The summed E-state index contributed by atoms with van der Waals surface area (Å²) in [6, 6.07) is 9.10. The molecule has 100 valence electrons. The fourth-order valence-corrected chi connectivity index (χ4v) is 2.03. The molecule has 4 heteroatoms.